The normalized spacial score (nSPS) is 13.3. The fraction of sp³-hybridized carbons (Fsp3) is 0.200. The molecule has 0 spiro atoms. The fourth-order valence-electron chi connectivity index (χ4n) is 2.07. The molecule has 0 saturated heterocycles. The summed E-state index contributed by atoms with van der Waals surface area (Å²) in [6, 6.07) is 8.21. The van der Waals surface area contributed by atoms with E-state index in [-0.39, 0.29) is 0 Å². The van der Waals surface area contributed by atoms with Crippen molar-refractivity contribution < 1.29 is 0 Å². The first-order chi connectivity index (χ1) is 9.51. The van der Waals surface area contributed by atoms with Gasteiger partial charge in [-0.05, 0) is 61.1 Å². The minimum Gasteiger partial charge on any atom is -0.0984 e. The Morgan fingerprint density at radius 2 is 1.70 bits per heavy atom. The number of rotatable bonds is 5. The summed E-state index contributed by atoms with van der Waals surface area (Å²) in [4.78, 5) is 0. The molecule has 0 heteroatoms. The van der Waals surface area contributed by atoms with Gasteiger partial charge in [0.05, 0.1) is 0 Å². The second-order valence-corrected chi connectivity index (χ2v) is 4.96. The largest absolute Gasteiger partial charge is 0.0984 e. The van der Waals surface area contributed by atoms with Crippen molar-refractivity contribution in [1.29, 1.82) is 0 Å². The van der Waals surface area contributed by atoms with Crippen molar-refractivity contribution in [2.24, 2.45) is 0 Å². The van der Waals surface area contributed by atoms with Gasteiger partial charge in [0.1, 0.15) is 0 Å². The van der Waals surface area contributed by atoms with Gasteiger partial charge in [-0.15, -0.1) is 0 Å². The summed E-state index contributed by atoms with van der Waals surface area (Å²) < 4.78 is 0. The van der Waals surface area contributed by atoms with Crippen LogP contribution in [0.3, 0.4) is 0 Å². The quantitative estimate of drug-likeness (QED) is 0.555. The van der Waals surface area contributed by atoms with Crippen molar-refractivity contribution in [2.45, 2.75) is 27.7 Å². The maximum absolute atomic E-state index is 4.24. The third kappa shape index (κ3) is 3.96. The highest BCUT2D eigenvalue weighted by Crippen LogP contribution is 2.26. The van der Waals surface area contributed by atoms with Crippen molar-refractivity contribution in [1.82, 2.24) is 0 Å². The second kappa shape index (κ2) is 7.49. The van der Waals surface area contributed by atoms with Gasteiger partial charge in [-0.3, -0.25) is 0 Å². The minimum absolute atomic E-state index is 1.05. The molecule has 0 N–H and O–H groups in total. The van der Waals surface area contributed by atoms with E-state index in [1.807, 2.05) is 25.1 Å². The van der Waals surface area contributed by atoms with Gasteiger partial charge in [0, 0.05) is 0 Å². The maximum Gasteiger partial charge on any atom is -0.0115 e. The van der Waals surface area contributed by atoms with Crippen LogP contribution in [-0.4, -0.2) is 0 Å². The van der Waals surface area contributed by atoms with E-state index in [4.69, 9.17) is 0 Å². The molecule has 0 radical (unpaired) electrons. The highest BCUT2D eigenvalue weighted by atomic mass is 14.1. The Balaban J connectivity index is 3.15. The molecule has 0 unspecified atom stereocenters. The molecule has 0 aliphatic heterocycles. The van der Waals surface area contributed by atoms with Crippen molar-refractivity contribution in [3.8, 4) is 0 Å². The lowest BCUT2D eigenvalue weighted by Gasteiger charge is -2.11. The molecule has 0 bridgehead atoms. The second-order valence-electron chi connectivity index (χ2n) is 4.96. The van der Waals surface area contributed by atoms with Gasteiger partial charge < -0.3 is 0 Å². The van der Waals surface area contributed by atoms with Gasteiger partial charge in [-0.1, -0.05) is 61.7 Å². The molecule has 0 nitrogen and oxygen atoms in total. The zero-order chi connectivity index (χ0) is 15.1. The lowest BCUT2D eigenvalue weighted by atomic mass is 9.94. The topological polar surface area (TPSA) is 0 Å². The van der Waals surface area contributed by atoms with Crippen LogP contribution < -0.4 is 0 Å². The third-order valence-corrected chi connectivity index (χ3v) is 3.45. The molecule has 104 valence electrons. The number of hydrogen-bond donors (Lipinski definition) is 0. The van der Waals surface area contributed by atoms with Crippen LogP contribution in [0, 0.1) is 0 Å². The zero-order valence-corrected chi connectivity index (χ0v) is 13.0. The van der Waals surface area contributed by atoms with E-state index < -0.39 is 0 Å². The molecule has 0 aliphatic rings. The first kappa shape index (κ1) is 16.0. The lowest BCUT2D eigenvalue weighted by molar-refractivity contribution is 1.34. The Labute approximate surface area is 123 Å². The van der Waals surface area contributed by atoms with Crippen LogP contribution in [-0.2, 0) is 0 Å². The van der Waals surface area contributed by atoms with E-state index in [0.29, 0.717) is 0 Å². The number of allylic oxidation sites excluding steroid dienone is 7. The highest BCUT2D eigenvalue weighted by Gasteiger charge is 2.05. The first-order valence-corrected chi connectivity index (χ1v) is 6.90. The predicted octanol–water partition coefficient (Wildman–Crippen LogP) is 6.20. The van der Waals surface area contributed by atoms with Crippen LogP contribution in [0.4, 0.5) is 0 Å². The molecule has 0 amide bonds. The maximum atomic E-state index is 4.24. The van der Waals surface area contributed by atoms with Gasteiger partial charge >= 0.3 is 0 Å². The molecule has 0 fully saturated rings. The molecule has 0 atom stereocenters. The summed E-state index contributed by atoms with van der Waals surface area (Å²) in [6.45, 7) is 16.5. The lowest BCUT2D eigenvalue weighted by Crippen LogP contribution is -1.90. The van der Waals surface area contributed by atoms with E-state index in [1.54, 1.807) is 0 Å². The van der Waals surface area contributed by atoms with Crippen LogP contribution in [0.1, 0.15) is 38.8 Å². The third-order valence-electron chi connectivity index (χ3n) is 3.45. The van der Waals surface area contributed by atoms with Crippen LogP contribution in [0.25, 0.3) is 11.6 Å². The summed E-state index contributed by atoms with van der Waals surface area (Å²) >= 11 is 0. The molecular formula is C20H24. The van der Waals surface area contributed by atoms with Gasteiger partial charge in [0.2, 0.25) is 0 Å². The van der Waals surface area contributed by atoms with E-state index >= 15 is 0 Å². The Bertz CT molecular complexity index is 592. The van der Waals surface area contributed by atoms with Gasteiger partial charge in [0.25, 0.3) is 0 Å². The zero-order valence-electron chi connectivity index (χ0n) is 13.0. The summed E-state index contributed by atoms with van der Waals surface area (Å²) in [7, 11) is 0. The Morgan fingerprint density at radius 1 is 1.05 bits per heavy atom. The molecule has 0 aromatic heterocycles. The van der Waals surface area contributed by atoms with Gasteiger partial charge in [0.15, 0.2) is 0 Å². The molecule has 1 aromatic rings. The van der Waals surface area contributed by atoms with Crippen LogP contribution in [0.5, 0.6) is 0 Å². The highest BCUT2D eigenvalue weighted by molar-refractivity contribution is 5.82. The molecule has 1 aromatic carbocycles. The number of hydrogen-bond acceptors (Lipinski definition) is 0. The smallest absolute Gasteiger partial charge is 0.0115 e. The molecule has 0 heterocycles. The van der Waals surface area contributed by atoms with E-state index in [2.05, 4.69) is 64.3 Å². The average Bonchev–Trinajstić information content (AvgIpc) is 2.46. The average molecular weight is 264 g/mol. The summed E-state index contributed by atoms with van der Waals surface area (Å²) in [5.74, 6) is 0. The van der Waals surface area contributed by atoms with Gasteiger partial charge in [-0.2, -0.15) is 0 Å². The standard InChI is InChI=1S/C20H24/c1-7-11-15(3)16(4)14-17(5)18(6)20-13-10-9-12-19(20)8-2/h7-14H,2,6H2,1,3-5H3. The SMILES string of the molecule is C=Cc1ccccc1C(=C)C(C)=CC(C)=C(C)C=CC. The first-order valence-electron chi connectivity index (χ1n) is 6.90. The Morgan fingerprint density at radius 3 is 2.30 bits per heavy atom. The molecule has 0 saturated carbocycles. The van der Waals surface area contributed by atoms with E-state index in [0.717, 1.165) is 16.7 Å². The van der Waals surface area contributed by atoms with Crippen molar-refractivity contribution in [3.05, 3.63) is 83.5 Å². The van der Waals surface area contributed by atoms with Crippen LogP contribution in [0.2, 0.25) is 0 Å². The van der Waals surface area contributed by atoms with Crippen molar-refractivity contribution >= 4 is 11.6 Å². The van der Waals surface area contributed by atoms with Gasteiger partial charge in [-0.25, -0.2) is 0 Å². The summed E-state index contributed by atoms with van der Waals surface area (Å²) in [6.07, 6.45) is 8.25. The summed E-state index contributed by atoms with van der Waals surface area (Å²) in [5.41, 5.74) is 7.04. The monoisotopic (exact) mass is 264 g/mol. The predicted molar refractivity (Wildman–Crippen MR) is 92.5 cm³/mol. The Kier molecular flexibility index (Phi) is 5.99. The number of benzene rings is 1. The summed E-state index contributed by atoms with van der Waals surface area (Å²) in [5, 5.41) is 0. The fourth-order valence-corrected chi connectivity index (χ4v) is 2.07. The van der Waals surface area contributed by atoms with Crippen LogP contribution >= 0.6 is 0 Å². The van der Waals surface area contributed by atoms with E-state index in [1.165, 1.54) is 16.7 Å². The molecule has 0 aliphatic carbocycles. The van der Waals surface area contributed by atoms with E-state index in [9.17, 15) is 0 Å². The Hall–Kier alpha value is -2.08. The van der Waals surface area contributed by atoms with Crippen molar-refractivity contribution in [2.75, 3.05) is 0 Å². The van der Waals surface area contributed by atoms with Crippen molar-refractivity contribution in [3.63, 3.8) is 0 Å². The van der Waals surface area contributed by atoms with Crippen LogP contribution in [0.15, 0.2) is 72.4 Å². The molecule has 1 rings (SSSR count). The minimum atomic E-state index is 1.05. The molecular weight excluding hydrogens is 240 g/mol. The molecule has 20 heavy (non-hydrogen) atoms.